The van der Waals surface area contributed by atoms with Gasteiger partial charge in [0, 0.05) is 51.0 Å². The molecular formula is C29H60FN5O11. The number of hydrogen-bond acceptors (Lipinski definition) is 15. The molecule has 9 unspecified atom stereocenters. The van der Waals surface area contributed by atoms with Crippen molar-refractivity contribution in [3.05, 3.63) is 0 Å². The third-order valence-electron chi connectivity index (χ3n) is 8.07. The number of ether oxygens (including phenoxy) is 3. The number of hydrogen-bond donors (Lipinski definition) is 11. The van der Waals surface area contributed by atoms with Crippen molar-refractivity contribution >= 4 is 5.91 Å². The van der Waals surface area contributed by atoms with E-state index in [1.165, 1.54) is 0 Å². The molecule has 2 saturated carbocycles. The number of aliphatic hydroxyl groups is 6. The first-order chi connectivity index (χ1) is 22.0. The van der Waals surface area contributed by atoms with Crippen molar-refractivity contribution in [2.45, 2.75) is 139 Å². The fourth-order valence-corrected chi connectivity index (χ4v) is 5.77. The van der Waals surface area contributed by atoms with E-state index in [9.17, 15) is 24.6 Å². The first kappa shape index (κ1) is 42.9. The van der Waals surface area contributed by atoms with Crippen LogP contribution >= 0.6 is 0 Å². The molecule has 14 N–H and O–H groups in total. The summed E-state index contributed by atoms with van der Waals surface area (Å²) in [6.07, 6.45) is -3.35. The Labute approximate surface area is 271 Å². The topological polar surface area (TPSA) is 277 Å². The summed E-state index contributed by atoms with van der Waals surface area (Å²) >= 11 is 0. The molecule has 2 heterocycles. The van der Waals surface area contributed by atoms with Crippen LogP contribution in [0.25, 0.3) is 0 Å². The van der Waals surface area contributed by atoms with Gasteiger partial charge in [-0.2, -0.15) is 4.94 Å². The summed E-state index contributed by atoms with van der Waals surface area (Å²) in [5.74, 6) is 0.0861. The number of nitrogens with one attached hydrogen (secondary N) is 2. The van der Waals surface area contributed by atoms with Crippen LogP contribution in [0.1, 0.15) is 65.2 Å². The van der Waals surface area contributed by atoms with Crippen LogP contribution in [0, 0.1) is 5.92 Å². The minimum absolute atomic E-state index is 0.00560. The van der Waals surface area contributed by atoms with Crippen LogP contribution in [0.3, 0.4) is 0 Å². The normalized spacial score (nSPS) is 37.8. The Balaban J connectivity index is 0.000000633. The molecule has 0 radical (unpaired) electrons. The van der Waals surface area contributed by atoms with E-state index < -0.39 is 61.2 Å². The minimum atomic E-state index is -1.23. The van der Waals surface area contributed by atoms with Crippen molar-refractivity contribution in [3.8, 4) is 0 Å². The van der Waals surface area contributed by atoms with Gasteiger partial charge in [0.2, 0.25) is 12.2 Å². The molecule has 4 fully saturated rings. The lowest BCUT2D eigenvalue weighted by Gasteiger charge is -2.42. The third kappa shape index (κ3) is 14.9. The maximum atomic E-state index is 12.0. The lowest BCUT2D eigenvalue weighted by atomic mass is 9.81. The molecule has 17 heteroatoms. The fourth-order valence-electron chi connectivity index (χ4n) is 5.77. The van der Waals surface area contributed by atoms with E-state index in [1.807, 2.05) is 13.8 Å². The number of aliphatic hydroxyl groups excluding tert-OH is 6. The van der Waals surface area contributed by atoms with Gasteiger partial charge >= 0.3 is 0 Å². The number of carbonyl (C=O) groups is 1. The van der Waals surface area contributed by atoms with Gasteiger partial charge in [-0.15, -0.1) is 0 Å². The van der Waals surface area contributed by atoms with Gasteiger partial charge in [0.05, 0.1) is 31.0 Å². The standard InChI is InChI=1S/C21H41N5O6.C5H9FO4.C2H6.CH4O/c22-2-1-17(28)21(30)26-13-5-16(24)20(18(29)6-13)32-19-8-14(27)7-15(31-19)10-25-9-11-3-12(23)4-11;6-10-5-4(8)1-3(7)2-9-5;2*1-2/h11-20,25,27-29H,1-10,22-24H2,(H,26,30);3-5,7-8H,1-2H2;1-2H3;2H,1H3/t11?,12?,13?,14?,15?,16?,17?,18?,19-,20-;;;/m1.../s1. The van der Waals surface area contributed by atoms with E-state index in [0.717, 1.165) is 26.5 Å². The zero-order valence-electron chi connectivity index (χ0n) is 27.3. The van der Waals surface area contributed by atoms with Crippen LogP contribution in [-0.4, -0.2) is 143 Å². The largest absolute Gasteiger partial charge is 0.400 e. The number of amides is 1. The van der Waals surface area contributed by atoms with Crippen LogP contribution in [0.15, 0.2) is 0 Å². The Morgan fingerprint density at radius 3 is 2.20 bits per heavy atom. The molecule has 1 amide bonds. The maximum absolute atomic E-state index is 12.0. The van der Waals surface area contributed by atoms with E-state index in [0.29, 0.717) is 37.8 Å². The minimum Gasteiger partial charge on any atom is -0.400 e. The summed E-state index contributed by atoms with van der Waals surface area (Å²) in [6.45, 7) is 5.71. The van der Waals surface area contributed by atoms with Gasteiger partial charge in [0.1, 0.15) is 18.3 Å². The van der Waals surface area contributed by atoms with Gasteiger partial charge in [-0.25, -0.2) is 0 Å². The molecule has 4 rings (SSSR count). The van der Waals surface area contributed by atoms with Crippen molar-refractivity contribution < 1.29 is 59.1 Å². The van der Waals surface area contributed by atoms with Crippen molar-refractivity contribution in [3.63, 3.8) is 0 Å². The molecule has 16 nitrogen and oxygen atoms in total. The molecular weight excluding hydrogens is 613 g/mol. The van der Waals surface area contributed by atoms with Crippen LogP contribution in [0.4, 0.5) is 4.53 Å². The predicted molar refractivity (Wildman–Crippen MR) is 165 cm³/mol. The Bertz CT molecular complexity index is 795. The van der Waals surface area contributed by atoms with Gasteiger partial charge in [-0.05, 0) is 55.6 Å². The highest BCUT2D eigenvalue weighted by atomic mass is 19.3. The number of rotatable bonds is 11. The molecule has 0 aromatic carbocycles. The summed E-state index contributed by atoms with van der Waals surface area (Å²) < 4.78 is 27.9. The van der Waals surface area contributed by atoms with Crippen LogP contribution in [0.5, 0.6) is 0 Å². The van der Waals surface area contributed by atoms with Crippen molar-refractivity contribution in [2.75, 3.05) is 33.4 Å². The second kappa shape index (κ2) is 23.2. The van der Waals surface area contributed by atoms with Gasteiger partial charge in [0.25, 0.3) is 0 Å². The zero-order valence-corrected chi connectivity index (χ0v) is 27.3. The highest BCUT2D eigenvalue weighted by Crippen LogP contribution is 2.28. The molecule has 0 bridgehead atoms. The molecule has 2 aliphatic carbocycles. The van der Waals surface area contributed by atoms with Gasteiger partial charge in [0.15, 0.2) is 6.29 Å². The summed E-state index contributed by atoms with van der Waals surface area (Å²) in [5, 5.41) is 61.5. The molecule has 11 atom stereocenters. The van der Waals surface area contributed by atoms with Crippen molar-refractivity contribution in [1.82, 2.24) is 10.6 Å². The molecule has 2 aliphatic heterocycles. The van der Waals surface area contributed by atoms with E-state index in [-0.39, 0.29) is 44.6 Å². The van der Waals surface area contributed by atoms with E-state index in [4.69, 9.17) is 42.0 Å². The van der Waals surface area contributed by atoms with Crippen molar-refractivity contribution in [2.24, 2.45) is 23.1 Å². The van der Waals surface area contributed by atoms with Crippen LogP contribution in [-0.2, 0) is 23.9 Å². The Morgan fingerprint density at radius 2 is 1.63 bits per heavy atom. The maximum Gasteiger partial charge on any atom is 0.249 e. The summed E-state index contributed by atoms with van der Waals surface area (Å²) in [5.41, 5.74) is 17.4. The smallest absolute Gasteiger partial charge is 0.249 e. The van der Waals surface area contributed by atoms with Gasteiger partial charge in [-0.1, -0.05) is 13.8 Å². The lowest BCUT2D eigenvalue weighted by Crippen LogP contribution is -2.58. The molecule has 0 aromatic rings. The van der Waals surface area contributed by atoms with E-state index in [2.05, 4.69) is 20.3 Å². The third-order valence-corrected chi connectivity index (χ3v) is 8.07. The number of nitrogens with two attached hydrogens (primary N) is 3. The Hall–Kier alpha value is -1.16. The monoisotopic (exact) mass is 673 g/mol. The average molecular weight is 674 g/mol. The van der Waals surface area contributed by atoms with Crippen LogP contribution in [0.2, 0.25) is 0 Å². The summed E-state index contributed by atoms with van der Waals surface area (Å²) in [4.78, 5) is 15.3. The van der Waals surface area contributed by atoms with Gasteiger partial charge < -0.3 is 72.7 Å². The molecule has 274 valence electrons. The number of carbonyl (C=O) groups excluding carboxylic acids is 1. The first-order valence-electron chi connectivity index (χ1n) is 16.3. The second-order valence-electron chi connectivity index (χ2n) is 11.9. The Morgan fingerprint density at radius 1 is 0.957 bits per heavy atom. The molecule has 0 spiro atoms. The fraction of sp³-hybridized carbons (Fsp3) is 0.966. The van der Waals surface area contributed by atoms with Gasteiger partial charge in [-0.3, -0.25) is 4.79 Å². The Kier molecular flexibility index (Phi) is 21.7. The summed E-state index contributed by atoms with van der Waals surface area (Å²) in [7, 11) is 1.00. The average Bonchev–Trinajstić information content (AvgIpc) is 3.00. The molecule has 4 aliphatic rings. The molecule has 2 saturated heterocycles. The highest BCUT2D eigenvalue weighted by Gasteiger charge is 2.40. The zero-order chi connectivity index (χ0) is 34.8. The van der Waals surface area contributed by atoms with E-state index >= 15 is 0 Å². The van der Waals surface area contributed by atoms with Crippen molar-refractivity contribution in [1.29, 1.82) is 0 Å². The van der Waals surface area contributed by atoms with Crippen LogP contribution < -0.4 is 27.8 Å². The number of halogens is 1. The highest BCUT2D eigenvalue weighted by molar-refractivity contribution is 5.80. The summed E-state index contributed by atoms with van der Waals surface area (Å²) in [6, 6.07) is -0.575. The SMILES string of the molecule is CC.CO.NCCC(O)C(=O)NC1CC(N)[C@@H](O[C@@H]2CC(O)CC(CNCC3CC(N)C3)O2)C(O)C1.OC1COC(OF)C(O)C1. The molecule has 0 aromatic heterocycles. The van der Waals surface area contributed by atoms with E-state index in [1.54, 1.807) is 0 Å². The quantitative estimate of drug-likeness (QED) is 0.106. The first-order valence-corrected chi connectivity index (χ1v) is 16.3. The second-order valence-corrected chi connectivity index (χ2v) is 11.9. The predicted octanol–water partition coefficient (Wildman–Crippen LogP) is -2.77. The lowest BCUT2D eigenvalue weighted by molar-refractivity contribution is -0.324. The molecule has 46 heavy (non-hydrogen) atoms.